The third kappa shape index (κ3) is 4.95. The van der Waals surface area contributed by atoms with Crippen molar-refractivity contribution in [1.29, 1.82) is 0 Å². The zero-order valence-corrected chi connectivity index (χ0v) is 32.8. The van der Waals surface area contributed by atoms with Gasteiger partial charge in [-0.2, -0.15) is 0 Å². The molecule has 1 aliphatic carbocycles. The van der Waals surface area contributed by atoms with E-state index in [2.05, 4.69) is 172 Å². The van der Waals surface area contributed by atoms with Gasteiger partial charge in [0.1, 0.15) is 0 Å². The van der Waals surface area contributed by atoms with E-state index in [0.29, 0.717) is 17.5 Å². The maximum atomic E-state index is 5.30. The molecule has 272 valence electrons. The summed E-state index contributed by atoms with van der Waals surface area (Å²) in [4.78, 5) is 15.7. The first-order valence-electron chi connectivity index (χ1n) is 19.9. The van der Waals surface area contributed by atoms with Crippen LogP contribution in [0, 0.1) is 0 Å². The van der Waals surface area contributed by atoms with Gasteiger partial charge in [-0.3, -0.25) is 0 Å². The molecule has 0 bridgehead atoms. The Morgan fingerprint density at radius 1 is 0.345 bits per heavy atom. The van der Waals surface area contributed by atoms with E-state index in [9.17, 15) is 0 Å². The van der Waals surface area contributed by atoms with Crippen LogP contribution in [0.5, 0.6) is 0 Å². The molecule has 1 aliphatic rings. The lowest BCUT2D eigenvalue weighted by molar-refractivity contribution is 0.660. The van der Waals surface area contributed by atoms with Crippen molar-refractivity contribution in [2.45, 2.75) is 19.3 Å². The Morgan fingerprint density at radius 3 is 1.66 bits per heavy atom. The molecule has 0 radical (unpaired) electrons. The van der Waals surface area contributed by atoms with E-state index in [1.807, 2.05) is 29.5 Å². The Labute approximate surface area is 340 Å². The number of benzene rings is 9. The van der Waals surface area contributed by atoms with Crippen molar-refractivity contribution in [1.82, 2.24) is 15.0 Å². The van der Waals surface area contributed by atoms with Gasteiger partial charge in [-0.25, -0.2) is 15.0 Å². The molecule has 2 heterocycles. The molecule has 0 amide bonds. The van der Waals surface area contributed by atoms with Crippen LogP contribution in [-0.2, 0) is 5.41 Å². The molecule has 0 fully saturated rings. The predicted molar refractivity (Wildman–Crippen MR) is 245 cm³/mol. The van der Waals surface area contributed by atoms with Crippen molar-refractivity contribution < 1.29 is 0 Å². The SMILES string of the molecule is CC1(C)c2ccccc2-c2cc(-c3nc(-c4ccccc4)nc(-c4cccc5sc6ccc(-c7ccc8c9ccccc9c9ccccc9c8c7)cc6c45)n3)ccc21. The van der Waals surface area contributed by atoms with Gasteiger partial charge in [-0.1, -0.05) is 159 Å². The average molecular weight is 758 g/mol. The van der Waals surface area contributed by atoms with Crippen LogP contribution in [0.15, 0.2) is 176 Å². The molecule has 11 aromatic rings. The normalized spacial score (nSPS) is 13.1. The fourth-order valence-electron chi connectivity index (χ4n) is 9.48. The third-order valence-corrected chi connectivity index (χ3v) is 13.5. The highest BCUT2D eigenvalue weighted by Gasteiger charge is 2.35. The summed E-state index contributed by atoms with van der Waals surface area (Å²) in [6, 6.07) is 63.7. The van der Waals surface area contributed by atoms with Crippen LogP contribution in [0.25, 0.3) is 109 Å². The van der Waals surface area contributed by atoms with E-state index in [0.717, 1.165) is 16.7 Å². The second-order valence-electron chi connectivity index (χ2n) is 15.9. The molecule has 0 atom stereocenters. The number of fused-ring (bicyclic) bond motifs is 12. The molecule has 0 saturated carbocycles. The highest BCUT2D eigenvalue weighted by Crippen LogP contribution is 2.50. The van der Waals surface area contributed by atoms with Gasteiger partial charge in [-0.15, -0.1) is 11.3 Å². The molecule has 4 heteroatoms. The first kappa shape index (κ1) is 33.2. The Balaban J connectivity index is 1.05. The topological polar surface area (TPSA) is 38.7 Å². The zero-order chi connectivity index (χ0) is 38.5. The van der Waals surface area contributed by atoms with Gasteiger partial charge in [0.05, 0.1) is 0 Å². The lowest BCUT2D eigenvalue weighted by Gasteiger charge is -2.21. The van der Waals surface area contributed by atoms with E-state index < -0.39 is 0 Å². The molecule has 2 aromatic heterocycles. The maximum Gasteiger partial charge on any atom is 0.164 e. The number of hydrogen-bond donors (Lipinski definition) is 0. The number of rotatable bonds is 4. The van der Waals surface area contributed by atoms with Crippen molar-refractivity contribution in [3.05, 3.63) is 187 Å². The van der Waals surface area contributed by atoms with Crippen LogP contribution in [0.4, 0.5) is 0 Å². The number of aromatic nitrogens is 3. The summed E-state index contributed by atoms with van der Waals surface area (Å²) in [5.41, 5.74) is 10.5. The van der Waals surface area contributed by atoms with Crippen molar-refractivity contribution in [2.24, 2.45) is 0 Å². The minimum atomic E-state index is -0.0760. The smallest absolute Gasteiger partial charge is 0.164 e. The van der Waals surface area contributed by atoms with E-state index in [-0.39, 0.29) is 5.41 Å². The van der Waals surface area contributed by atoms with Gasteiger partial charge in [0.15, 0.2) is 17.5 Å². The van der Waals surface area contributed by atoms with Crippen molar-refractivity contribution in [3.63, 3.8) is 0 Å². The van der Waals surface area contributed by atoms with Crippen molar-refractivity contribution in [2.75, 3.05) is 0 Å². The van der Waals surface area contributed by atoms with E-state index in [1.54, 1.807) is 0 Å². The Morgan fingerprint density at radius 2 is 0.897 bits per heavy atom. The molecule has 9 aromatic carbocycles. The number of hydrogen-bond acceptors (Lipinski definition) is 4. The van der Waals surface area contributed by atoms with Crippen LogP contribution < -0.4 is 0 Å². The molecule has 0 N–H and O–H groups in total. The molecule has 0 spiro atoms. The molecular formula is C54H35N3S. The lowest BCUT2D eigenvalue weighted by Crippen LogP contribution is -2.14. The first-order chi connectivity index (χ1) is 28.5. The van der Waals surface area contributed by atoms with E-state index in [1.165, 1.54) is 85.9 Å². The van der Waals surface area contributed by atoms with Gasteiger partial charge < -0.3 is 0 Å². The summed E-state index contributed by atoms with van der Waals surface area (Å²) in [5.74, 6) is 2.00. The second-order valence-corrected chi connectivity index (χ2v) is 17.0. The molecule has 0 unspecified atom stereocenters. The van der Waals surface area contributed by atoms with Crippen LogP contribution in [-0.4, -0.2) is 15.0 Å². The fraction of sp³-hybridized carbons (Fsp3) is 0.0556. The zero-order valence-electron chi connectivity index (χ0n) is 32.0. The lowest BCUT2D eigenvalue weighted by atomic mass is 9.82. The van der Waals surface area contributed by atoms with Crippen molar-refractivity contribution >= 4 is 63.8 Å². The monoisotopic (exact) mass is 757 g/mol. The minimum absolute atomic E-state index is 0.0760. The van der Waals surface area contributed by atoms with Crippen molar-refractivity contribution in [3.8, 4) is 56.4 Å². The summed E-state index contributed by atoms with van der Waals surface area (Å²) < 4.78 is 2.45. The van der Waals surface area contributed by atoms with E-state index >= 15 is 0 Å². The maximum absolute atomic E-state index is 5.30. The molecular weight excluding hydrogens is 723 g/mol. The van der Waals surface area contributed by atoms with Gasteiger partial charge in [0.2, 0.25) is 0 Å². The summed E-state index contributed by atoms with van der Waals surface area (Å²) in [6.45, 7) is 4.62. The predicted octanol–water partition coefficient (Wildman–Crippen LogP) is 14.7. The minimum Gasteiger partial charge on any atom is -0.208 e. The largest absolute Gasteiger partial charge is 0.208 e. The first-order valence-corrected chi connectivity index (χ1v) is 20.7. The highest BCUT2D eigenvalue weighted by molar-refractivity contribution is 7.26. The van der Waals surface area contributed by atoms with Crippen LogP contribution in [0.2, 0.25) is 0 Å². The molecule has 0 saturated heterocycles. The quantitative estimate of drug-likeness (QED) is 0.168. The standard InChI is InChI=1S/C54H35N3S/c1-54(2)46-21-11-10-19-41(46)44-31-35(24-27-47(44)54)52-55-51(32-13-4-3-5-14-32)56-53(57-52)42-20-12-22-49-50(42)45-30-34(25-28-48(45)58-49)33-23-26-40-38-17-7-6-15-36(38)37-16-8-9-18-39(37)43(40)29-33/h3-31H,1-2H3. The Bertz CT molecular complexity index is 3450. The van der Waals surface area contributed by atoms with Crippen LogP contribution >= 0.6 is 11.3 Å². The van der Waals surface area contributed by atoms with Gasteiger partial charge in [-0.05, 0) is 96.0 Å². The van der Waals surface area contributed by atoms with Gasteiger partial charge in [0, 0.05) is 42.3 Å². The molecule has 0 aliphatic heterocycles. The number of thiophene rings is 1. The summed E-state index contributed by atoms with van der Waals surface area (Å²) >= 11 is 1.82. The average Bonchev–Trinajstić information content (AvgIpc) is 3.77. The van der Waals surface area contributed by atoms with Crippen LogP contribution in [0.1, 0.15) is 25.0 Å². The highest BCUT2D eigenvalue weighted by atomic mass is 32.1. The third-order valence-electron chi connectivity index (χ3n) is 12.3. The van der Waals surface area contributed by atoms with E-state index in [4.69, 9.17) is 15.0 Å². The summed E-state index contributed by atoms with van der Waals surface area (Å²) in [5, 5.41) is 10.1. The molecule has 3 nitrogen and oxygen atoms in total. The van der Waals surface area contributed by atoms with Gasteiger partial charge in [0.25, 0.3) is 0 Å². The fourth-order valence-corrected chi connectivity index (χ4v) is 10.6. The summed E-state index contributed by atoms with van der Waals surface area (Å²) in [7, 11) is 0. The van der Waals surface area contributed by atoms with Crippen LogP contribution in [0.3, 0.4) is 0 Å². The molecule has 58 heavy (non-hydrogen) atoms. The second kappa shape index (κ2) is 12.5. The van der Waals surface area contributed by atoms with Gasteiger partial charge >= 0.3 is 0 Å². The number of nitrogens with zero attached hydrogens (tertiary/aromatic N) is 3. The Hall–Kier alpha value is -7.01. The Kier molecular flexibility index (Phi) is 7.14. The summed E-state index contributed by atoms with van der Waals surface area (Å²) in [6.07, 6.45) is 0. The molecule has 12 rings (SSSR count).